The number of nitrogens with zero attached hydrogens (tertiary/aromatic N) is 2. The maximum Gasteiger partial charge on any atom is 0.222 e. The topological polar surface area (TPSA) is 59.1 Å². The second-order valence-corrected chi connectivity index (χ2v) is 8.97. The number of rotatable bonds is 6. The first-order chi connectivity index (χ1) is 14.5. The summed E-state index contributed by atoms with van der Waals surface area (Å²) in [7, 11) is 1.66. The molecule has 3 aliphatic rings. The highest BCUT2D eigenvalue weighted by Gasteiger charge is 2.43. The SMILES string of the molecule is COc1ccc(CCC(=O)N2CCC(OC3C[C@H]4CC[C@@H](C3)N4C(C)=O)CC2)cc1. The highest BCUT2D eigenvalue weighted by atomic mass is 16.5. The van der Waals surface area contributed by atoms with Gasteiger partial charge in [0.1, 0.15) is 5.75 Å². The van der Waals surface area contributed by atoms with Crippen LogP contribution in [0.5, 0.6) is 5.75 Å². The van der Waals surface area contributed by atoms with Crippen LogP contribution >= 0.6 is 0 Å². The van der Waals surface area contributed by atoms with E-state index in [-0.39, 0.29) is 24.0 Å². The van der Waals surface area contributed by atoms with Gasteiger partial charge in [0, 0.05) is 38.5 Å². The van der Waals surface area contributed by atoms with Gasteiger partial charge >= 0.3 is 0 Å². The lowest BCUT2D eigenvalue weighted by Crippen LogP contribution is -2.49. The fourth-order valence-corrected chi connectivity index (χ4v) is 5.47. The van der Waals surface area contributed by atoms with Crippen LogP contribution in [0, 0.1) is 0 Å². The molecule has 3 heterocycles. The molecule has 0 aliphatic carbocycles. The van der Waals surface area contributed by atoms with Crippen LogP contribution in [-0.2, 0) is 20.7 Å². The number of benzene rings is 1. The zero-order valence-electron chi connectivity index (χ0n) is 18.2. The first-order valence-corrected chi connectivity index (χ1v) is 11.4. The molecule has 0 spiro atoms. The van der Waals surface area contributed by atoms with Gasteiger partial charge in [0.15, 0.2) is 0 Å². The van der Waals surface area contributed by atoms with E-state index in [1.807, 2.05) is 29.2 Å². The van der Waals surface area contributed by atoms with Gasteiger partial charge < -0.3 is 19.3 Å². The van der Waals surface area contributed by atoms with E-state index in [9.17, 15) is 9.59 Å². The average molecular weight is 415 g/mol. The van der Waals surface area contributed by atoms with E-state index in [1.165, 1.54) is 0 Å². The predicted octanol–water partition coefficient (Wildman–Crippen LogP) is 3.18. The summed E-state index contributed by atoms with van der Waals surface area (Å²) >= 11 is 0. The number of hydrogen-bond donors (Lipinski definition) is 0. The molecular weight excluding hydrogens is 380 g/mol. The van der Waals surface area contributed by atoms with Crippen LogP contribution in [0.1, 0.15) is 57.4 Å². The number of amides is 2. The Morgan fingerprint density at radius 1 is 0.967 bits per heavy atom. The van der Waals surface area contributed by atoms with Gasteiger partial charge in [0.05, 0.1) is 19.3 Å². The normalized spacial score (nSPS) is 26.7. The van der Waals surface area contributed by atoms with Crippen LogP contribution in [0.2, 0.25) is 0 Å². The lowest BCUT2D eigenvalue weighted by Gasteiger charge is -2.41. The summed E-state index contributed by atoms with van der Waals surface area (Å²) in [5.74, 6) is 1.28. The fraction of sp³-hybridized carbons (Fsp3) is 0.667. The van der Waals surface area contributed by atoms with Gasteiger partial charge in [0.25, 0.3) is 0 Å². The number of aryl methyl sites for hydroxylation is 1. The number of hydrogen-bond acceptors (Lipinski definition) is 4. The molecule has 3 fully saturated rings. The summed E-state index contributed by atoms with van der Waals surface area (Å²) in [4.78, 5) is 28.6. The molecule has 3 aliphatic heterocycles. The smallest absolute Gasteiger partial charge is 0.222 e. The van der Waals surface area contributed by atoms with Crippen molar-refractivity contribution in [1.29, 1.82) is 0 Å². The van der Waals surface area contributed by atoms with Crippen LogP contribution in [-0.4, -0.2) is 66.1 Å². The number of carbonyl (C=O) groups is 2. The standard InChI is InChI=1S/C24H34N2O4/c1-17(27)26-19-6-7-20(26)16-23(15-19)30-22-11-13-25(14-12-22)24(28)10-5-18-3-8-21(29-2)9-4-18/h3-4,8-9,19-20,22-23H,5-7,10-16H2,1-2H3/t19-,20+,23?. The molecule has 3 saturated heterocycles. The molecule has 164 valence electrons. The Morgan fingerprint density at radius 3 is 2.17 bits per heavy atom. The minimum absolute atomic E-state index is 0.211. The van der Waals surface area contributed by atoms with E-state index in [0.717, 1.165) is 69.3 Å². The third-order valence-electron chi connectivity index (χ3n) is 7.02. The zero-order valence-corrected chi connectivity index (χ0v) is 18.2. The molecule has 0 aromatic heterocycles. The molecular formula is C24H34N2O4. The third kappa shape index (κ3) is 4.80. The highest BCUT2D eigenvalue weighted by molar-refractivity contribution is 5.76. The van der Waals surface area contributed by atoms with Gasteiger partial charge in [-0.1, -0.05) is 12.1 Å². The number of carbonyl (C=O) groups excluding carboxylic acids is 2. The molecule has 0 N–H and O–H groups in total. The third-order valence-corrected chi connectivity index (χ3v) is 7.02. The fourth-order valence-electron chi connectivity index (χ4n) is 5.47. The Balaban J connectivity index is 1.18. The Morgan fingerprint density at radius 2 is 1.60 bits per heavy atom. The summed E-state index contributed by atoms with van der Waals surface area (Å²) < 4.78 is 11.6. The molecule has 0 radical (unpaired) electrons. The van der Waals surface area contributed by atoms with Crippen molar-refractivity contribution in [3.05, 3.63) is 29.8 Å². The number of likely N-dealkylation sites (tertiary alicyclic amines) is 1. The molecule has 4 rings (SSSR count). The van der Waals surface area contributed by atoms with Crippen LogP contribution in [0.25, 0.3) is 0 Å². The molecule has 6 nitrogen and oxygen atoms in total. The second kappa shape index (κ2) is 9.38. The van der Waals surface area contributed by atoms with Crippen molar-refractivity contribution in [1.82, 2.24) is 9.80 Å². The van der Waals surface area contributed by atoms with Crippen molar-refractivity contribution in [3.8, 4) is 5.75 Å². The molecule has 2 bridgehead atoms. The van der Waals surface area contributed by atoms with Crippen LogP contribution in [0.3, 0.4) is 0 Å². The van der Waals surface area contributed by atoms with E-state index in [2.05, 4.69) is 4.90 Å². The quantitative estimate of drug-likeness (QED) is 0.717. The predicted molar refractivity (Wildman–Crippen MR) is 114 cm³/mol. The minimum Gasteiger partial charge on any atom is -0.497 e. The van der Waals surface area contributed by atoms with Gasteiger partial charge in [-0.15, -0.1) is 0 Å². The molecule has 2 amide bonds. The van der Waals surface area contributed by atoms with Gasteiger partial charge in [-0.2, -0.15) is 0 Å². The first-order valence-electron chi connectivity index (χ1n) is 11.4. The van der Waals surface area contributed by atoms with E-state index >= 15 is 0 Å². The summed E-state index contributed by atoms with van der Waals surface area (Å²) in [5, 5.41) is 0. The lowest BCUT2D eigenvalue weighted by atomic mass is 9.98. The first kappa shape index (κ1) is 21.2. The van der Waals surface area contributed by atoms with Crippen molar-refractivity contribution in [3.63, 3.8) is 0 Å². The summed E-state index contributed by atoms with van der Waals surface area (Å²) in [6.45, 7) is 3.25. The van der Waals surface area contributed by atoms with E-state index in [1.54, 1.807) is 14.0 Å². The largest absolute Gasteiger partial charge is 0.497 e. The monoisotopic (exact) mass is 414 g/mol. The van der Waals surface area contributed by atoms with Crippen molar-refractivity contribution >= 4 is 11.8 Å². The van der Waals surface area contributed by atoms with Gasteiger partial charge in [-0.3, -0.25) is 9.59 Å². The van der Waals surface area contributed by atoms with E-state index in [0.29, 0.717) is 18.5 Å². The summed E-state index contributed by atoms with van der Waals surface area (Å²) in [6.07, 6.45) is 7.81. The zero-order chi connectivity index (χ0) is 21.1. The Labute approximate surface area is 179 Å². The molecule has 1 aromatic rings. The van der Waals surface area contributed by atoms with Gasteiger partial charge in [0.2, 0.25) is 11.8 Å². The molecule has 30 heavy (non-hydrogen) atoms. The number of ether oxygens (including phenoxy) is 2. The second-order valence-electron chi connectivity index (χ2n) is 8.97. The lowest BCUT2D eigenvalue weighted by molar-refractivity contribution is -0.140. The Kier molecular flexibility index (Phi) is 6.61. The molecule has 6 heteroatoms. The van der Waals surface area contributed by atoms with Crippen molar-refractivity contribution in [2.24, 2.45) is 0 Å². The molecule has 1 unspecified atom stereocenters. The molecule has 3 atom stereocenters. The maximum absolute atomic E-state index is 12.6. The average Bonchev–Trinajstić information content (AvgIpc) is 3.04. The van der Waals surface area contributed by atoms with Crippen LogP contribution < -0.4 is 4.74 Å². The van der Waals surface area contributed by atoms with Crippen LogP contribution in [0.15, 0.2) is 24.3 Å². The van der Waals surface area contributed by atoms with E-state index < -0.39 is 0 Å². The van der Waals surface area contributed by atoms with E-state index in [4.69, 9.17) is 9.47 Å². The van der Waals surface area contributed by atoms with Crippen molar-refractivity contribution < 1.29 is 19.1 Å². The van der Waals surface area contributed by atoms with Crippen LogP contribution in [0.4, 0.5) is 0 Å². The minimum atomic E-state index is 0.211. The van der Waals surface area contributed by atoms with Crippen molar-refractivity contribution in [2.75, 3.05) is 20.2 Å². The molecule has 1 aromatic carbocycles. The Bertz CT molecular complexity index is 728. The number of methoxy groups -OCH3 is 1. The maximum atomic E-state index is 12.6. The number of piperidine rings is 2. The highest BCUT2D eigenvalue weighted by Crippen LogP contribution is 2.37. The van der Waals surface area contributed by atoms with Gasteiger partial charge in [-0.25, -0.2) is 0 Å². The number of fused-ring (bicyclic) bond motifs is 2. The summed E-state index contributed by atoms with van der Waals surface area (Å²) in [5.41, 5.74) is 1.16. The van der Waals surface area contributed by atoms with Gasteiger partial charge in [-0.05, 0) is 62.6 Å². The summed E-state index contributed by atoms with van der Waals surface area (Å²) in [6, 6.07) is 8.66. The Hall–Kier alpha value is -2.08. The van der Waals surface area contributed by atoms with Crippen molar-refractivity contribution in [2.45, 2.75) is 82.6 Å². The molecule has 0 saturated carbocycles.